The summed E-state index contributed by atoms with van der Waals surface area (Å²) in [4.78, 5) is 0. The van der Waals surface area contributed by atoms with Crippen molar-refractivity contribution in [3.8, 4) is 11.1 Å². The first-order valence-electron chi connectivity index (χ1n) is 11.9. The summed E-state index contributed by atoms with van der Waals surface area (Å²) in [6.07, 6.45) is 1.12. The summed E-state index contributed by atoms with van der Waals surface area (Å²) in [5.74, 6) is 0. The number of rotatable bonds is 3. The van der Waals surface area contributed by atoms with Gasteiger partial charge in [-0.1, -0.05) is 0 Å². The summed E-state index contributed by atoms with van der Waals surface area (Å²) >= 11 is -2.13. The third-order valence-corrected chi connectivity index (χ3v) is 28.2. The monoisotopic (exact) mass is 472 g/mol. The average Bonchev–Trinajstić information content (AvgIpc) is 2.94. The van der Waals surface area contributed by atoms with E-state index >= 15 is 0 Å². The van der Waals surface area contributed by atoms with Gasteiger partial charge in [-0.3, -0.25) is 0 Å². The van der Waals surface area contributed by atoms with Gasteiger partial charge in [-0.2, -0.15) is 0 Å². The summed E-state index contributed by atoms with van der Waals surface area (Å²) in [7, 11) is -0.784. The van der Waals surface area contributed by atoms with Crippen LogP contribution in [0.2, 0.25) is 13.1 Å². The Hall–Kier alpha value is -0.760. The molecule has 0 atom stereocenters. The summed E-state index contributed by atoms with van der Waals surface area (Å²) in [5, 5.41) is 0. The Kier molecular flexibility index (Phi) is 6.36. The number of fused-ring (bicyclic) bond motifs is 3. The third kappa shape index (κ3) is 4.84. The van der Waals surface area contributed by atoms with Gasteiger partial charge in [0, 0.05) is 0 Å². The molecule has 0 heterocycles. The molecule has 0 saturated heterocycles. The zero-order valence-corrected chi connectivity index (χ0v) is 25.5. The van der Waals surface area contributed by atoms with Gasteiger partial charge in [-0.15, -0.1) is 0 Å². The van der Waals surface area contributed by atoms with Crippen molar-refractivity contribution in [2.75, 3.05) is 0 Å². The van der Waals surface area contributed by atoms with E-state index in [0.717, 1.165) is 6.42 Å². The van der Waals surface area contributed by atoms with Crippen LogP contribution in [0.15, 0.2) is 30.3 Å². The standard InChI is InChI=1S/C21H25.C4H10N.C2H7Si.Zn/c1-20(2,3)16-7-9-18-14(12-16)11-15-13-17(21(4,5)6)8-10-19(15)18;1-4(2,3)5;1-3-2;/h7-10,12H,11H2,1-6H3;5H,1-3H3;3H,1-2H3;/q;-1;;+1. The first kappa shape index (κ1) is 23.9. The predicted molar refractivity (Wildman–Crippen MR) is 133 cm³/mol. The molecule has 0 unspecified atom stereocenters. The van der Waals surface area contributed by atoms with E-state index < -0.39 is 22.5 Å². The van der Waals surface area contributed by atoms with Gasteiger partial charge in [0.1, 0.15) is 0 Å². The Balaban J connectivity index is 2.23. The van der Waals surface area contributed by atoms with Crippen molar-refractivity contribution in [3.05, 3.63) is 52.6 Å². The number of benzene rings is 2. The summed E-state index contributed by atoms with van der Waals surface area (Å²) in [6, 6.07) is 12.2. The van der Waals surface area contributed by atoms with Crippen LogP contribution >= 0.6 is 0 Å². The molecule has 0 fully saturated rings. The van der Waals surface area contributed by atoms with Crippen LogP contribution in [0.1, 0.15) is 84.6 Å². The molecule has 2 aromatic carbocycles. The van der Waals surface area contributed by atoms with Crippen LogP contribution in [0.3, 0.4) is 0 Å². The van der Waals surface area contributed by atoms with Gasteiger partial charge in [0.2, 0.25) is 0 Å². The maximum absolute atomic E-state index is 4.25. The van der Waals surface area contributed by atoms with Crippen molar-refractivity contribution < 1.29 is 15.5 Å². The fourth-order valence-electron chi connectivity index (χ4n) is 5.22. The van der Waals surface area contributed by atoms with E-state index in [1.54, 1.807) is 11.1 Å². The molecule has 0 radical (unpaired) electrons. The van der Waals surface area contributed by atoms with Crippen molar-refractivity contribution in [1.29, 1.82) is 0 Å². The Morgan fingerprint density at radius 3 is 1.90 bits per heavy atom. The van der Waals surface area contributed by atoms with Gasteiger partial charge in [-0.25, -0.2) is 0 Å². The first-order valence-corrected chi connectivity index (χ1v) is 23.1. The fourth-order valence-corrected chi connectivity index (χ4v) is 26.4. The summed E-state index contributed by atoms with van der Waals surface area (Å²) in [6.45, 7) is 26.4. The van der Waals surface area contributed by atoms with Crippen molar-refractivity contribution in [1.82, 2.24) is 4.06 Å². The molecule has 1 N–H and O–H groups in total. The van der Waals surface area contributed by atoms with Gasteiger partial charge in [0.25, 0.3) is 0 Å². The second-order valence-corrected chi connectivity index (χ2v) is 35.1. The Bertz CT molecular complexity index is 939. The fraction of sp³-hybridized carbons (Fsp3) is 0.556. The van der Waals surface area contributed by atoms with Crippen molar-refractivity contribution >= 4 is 11.2 Å². The van der Waals surface area contributed by atoms with Gasteiger partial charge >= 0.3 is 193 Å². The van der Waals surface area contributed by atoms with Crippen LogP contribution in [0.25, 0.3) is 11.1 Å². The van der Waals surface area contributed by atoms with Crippen molar-refractivity contribution in [2.45, 2.75) is 98.2 Å². The molecule has 1 aliphatic rings. The number of hydrogen-bond donors (Lipinski definition) is 1. The van der Waals surface area contributed by atoms with Gasteiger partial charge < -0.3 is 0 Å². The molecule has 0 spiro atoms. The van der Waals surface area contributed by atoms with E-state index in [0.29, 0.717) is 0 Å². The average molecular weight is 474 g/mol. The SMILES string of the molecule is C[SiH](C)[Zn]([NH]C(C)(C)C)[c]1c(C(C)(C)C)ccc2c1Cc1cc(C(C)(C)C)ccc1-2. The second kappa shape index (κ2) is 7.98. The summed E-state index contributed by atoms with van der Waals surface area (Å²) in [5.41, 5.74) is 9.85. The quantitative estimate of drug-likeness (QED) is 0.435. The molecule has 0 aliphatic heterocycles. The van der Waals surface area contributed by atoms with E-state index in [2.05, 4.69) is 110 Å². The second-order valence-electron chi connectivity index (χ2n) is 13.1. The molecule has 0 aromatic heterocycles. The molecule has 3 rings (SSSR count). The van der Waals surface area contributed by atoms with Crippen molar-refractivity contribution in [2.24, 2.45) is 0 Å². The molecule has 30 heavy (non-hydrogen) atoms. The van der Waals surface area contributed by atoms with E-state index in [4.69, 9.17) is 0 Å². The Morgan fingerprint density at radius 1 is 0.800 bits per heavy atom. The molecule has 0 saturated carbocycles. The molecule has 0 bridgehead atoms. The van der Waals surface area contributed by atoms with E-state index in [-0.39, 0.29) is 16.4 Å². The van der Waals surface area contributed by atoms with Gasteiger partial charge in [0.05, 0.1) is 0 Å². The Labute approximate surface area is 192 Å². The van der Waals surface area contributed by atoms with Crippen LogP contribution < -0.4 is 8.22 Å². The minimum absolute atomic E-state index is 0.188. The normalized spacial score (nSPS) is 14.1. The van der Waals surface area contributed by atoms with Crippen LogP contribution in [0.4, 0.5) is 0 Å². The van der Waals surface area contributed by atoms with Gasteiger partial charge in [-0.05, 0) is 0 Å². The molecular formula is C27H42NSiZn. The molecule has 1 aliphatic carbocycles. The zero-order valence-electron chi connectivity index (χ0n) is 21.4. The Morgan fingerprint density at radius 2 is 1.40 bits per heavy atom. The van der Waals surface area contributed by atoms with Crippen LogP contribution in [-0.2, 0) is 32.7 Å². The summed E-state index contributed by atoms with van der Waals surface area (Å²) < 4.78 is 6.06. The molecule has 161 valence electrons. The number of hydrogen-bond acceptors (Lipinski definition) is 1. The van der Waals surface area contributed by atoms with E-state index in [1.807, 2.05) is 4.16 Å². The van der Waals surface area contributed by atoms with Gasteiger partial charge in [0.15, 0.2) is 0 Å². The van der Waals surface area contributed by atoms with Crippen LogP contribution in [-0.4, -0.2) is 12.6 Å². The van der Waals surface area contributed by atoms with Crippen molar-refractivity contribution in [3.63, 3.8) is 0 Å². The first-order chi connectivity index (χ1) is 13.6. The molecule has 1 nitrogen and oxygen atoms in total. The topological polar surface area (TPSA) is 12.0 Å². The molecule has 0 amide bonds. The van der Waals surface area contributed by atoms with Crippen LogP contribution in [0, 0.1) is 0 Å². The predicted octanol–water partition coefficient (Wildman–Crippen LogP) is 6.38. The number of nitrogens with one attached hydrogen (secondary N) is 1. The minimum atomic E-state index is -2.13. The molecular weight excluding hydrogens is 432 g/mol. The molecule has 3 heteroatoms. The maximum atomic E-state index is 4.25. The van der Waals surface area contributed by atoms with Crippen LogP contribution in [0.5, 0.6) is 0 Å². The molecule has 2 aromatic rings. The zero-order chi connectivity index (χ0) is 22.6. The van der Waals surface area contributed by atoms with E-state index in [1.165, 1.54) is 22.3 Å². The van der Waals surface area contributed by atoms with E-state index in [9.17, 15) is 0 Å². The third-order valence-electron chi connectivity index (χ3n) is 6.79.